The number of hydrogen-bond donors (Lipinski definition) is 2. The molecule has 1 aliphatic rings. The van der Waals surface area contributed by atoms with Crippen LogP contribution in [0.5, 0.6) is 0 Å². The monoisotopic (exact) mass is 180 g/mol. The Bertz CT molecular complexity index is 325. The van der Waals surface area contributed by atoms with Crippen molar-refractivity contribution in [2.75, 3.05) is 11.9 Å². The van der Waals surface area contributed by atoms with Crippen LogP contribution >= 0.6 is 0 Å². The van der Waals surface area contributed by atoms with Crippen molar-refractivity contribution in [3.8, 4) is 0 Å². The number of halogens is 1. The van der Waals surface area contributed by atoms with Gasteiger partial charge in [-0.3, -0.25) is 0 Å². The zero-order valence-corrected chi connectivity index (χ0v) is 7.55. The molecule has 0 bridgehead atoms. The van der Waals surface area contributed by atoms with Crippen molar-refractivity contribution in [2.45, 2.75) is 13.0 Å². The Morgan fingerprint density at radius 3 is 3.08 bits per heavy atom. The summed E-state index contributed by atoms with van der Waals surface area (Å²) in [4.78, 5) is 0. The van der Waals surface area contributed by atoms with Crippen LogP contribution < -0.4 is 11.1 Å². The first-order valence-electron chi connectivity index (χ1n) is 4.47. The number of nitrogens with one attached hydrogen (secondary N) is 1. The van der Waals surface area contributed by atoms with Crippen molar-refractivity contribution in [1.29, 1.82) is 0 Å². The molecule has 0 saturated heterocycles. The molecule has 2 rings (SSSR count). The fraction of sp³-hybridized carbons (Fsp3) is 0.400. The molecule has 0 saturated carbocycles. The molecule has 1 aromatic rings. The highest BCUT2D eigenvalue weighted by Gasteiger charge is 2.22. The average molecular weight is 180 g/mol. The summed E-state index contributed by atoms with van der Waals surface area (Å²) in [5, 5.41) is 3.22. The maximum absolute atomic E-state index is 12.9. The van der Waals surface area contributed by atoms with Crippen molar-refractivity contribution in [1.82, 2.24) is 0 Å². The van der Waals surface area contributed by atoms with Crippen LogP contribution in [0.1, 0.15) is 18.5 Å². The minimum atomic E-state index is -0.217. The molecule has 3 N–H and O–H groups in total. The molecule has 3 heteroatoms. The summed E-state index contributed by atoms with van der Waals surface area (Å²) in [6, 6.07) is 4.67. The molecule has 2 nitrogen and oxygen atoms in total. The van der Waals surface area contributed by atoms with E-state index in [0.29, 0.717) is 5.92 Å². The Morgan fingerprint density at radius 1 is 1.54 bits per heavy atom. The largest absolute Gasteiger partial charge is 0.384 e. The molecule has 0 aliphatic carbocycles. The molecular formula is C10H13FN2. The molecular weight excluding hydrogens is 167 g/mol. The van der Waals surface area contributed by atoms with E-state index >= 15 is 0 Å². The fourth-order valence-corrected chi connectivity index (χ4v) is 1.67. The maximum atomic E-state index is 12.9. The van der Waals surface area contributed by atoms with E-state index in [0.717, 1.165) is 17.8 Å². The molecule has 0 radical (unpaired) electrons. The Labute approximate surface area is 76.9 Å². The number of hydrogen-bond acceptors (Lipinski definition) is 2. The van der Waals surface area contributed by atoms with E-state index in [1.54, 1.807) is 6.07 Å². The number of nitrogens with two attached hydrogens (primary N) is 1. The number of anilines is 1. The van der Waals surface area contributed by atoms with Gasteiger partial charge in [0, 0.05) is 18.3 Å². The van der Waals surface area contributed by atoms with Crippen LogP contribution in [-0.4, -0.2) is 6.54 Å². The van der Waals surface area contributed by atoms with Gasteiger partial charge >= 0.3 is 0 Å². The zero-order chi connectivity index (χ0) is 9.42. The van der Waals surface area contributed by atoms with Gasteiger partial charge in [-0.1, -0.05) is 6.92 Å². The summed E-state index contributed by atoms with van der Waals surface area (Å²) in [6.45, 7) is 2.92. The summed E-state index contributed by atoms with van der Waals surface area (Å²) < 4.78 is 12.9. The normalized spacial score (nSPS) is 26.4. The van der Waals surface area contributed by atoms with Gasteiger partial charge in [-0.25, -0.2) is 4.39 Å². The Kier molecular flexibility index (Phi) is 1.96. The van der Waals surface area contributed by atoms with Crippen molar-refractivity contribution in [2.24, 2.45) is 11.7 Å². The van der Waals surface area contributed by atoms with Crippen LogP contribution in [-0.2, 0) is 0 Å². The first-order chi connectivity index (χ1) is 6.18. The Hall–Kier alpha value is -1.09. The van der Waals surface area contributed by atoms with E-state index in [1.165, 1.54) is 12.1 Å². The molecule has 0 fully saturated rings. The third kappa shape index (κ3) is 1.40. The van der Waals surface area contributed by atoms with Gasteiger partial charge in [0.15, 0.2) is 0 Å². The van der Waals surface area contributed by atoms with E-state index in [4.69, 9.17) is 5.73 Å². The van der Waals surface area contributed by atoms with E-state index in [2.05, 4.69) is 12.2 Å². The molecule has 0 spiro atoms. The molecule has 1 aliphatic heterocycles. The molecule has 0 aromatic heterocycles. The van der Waals surface area contributed by atoms with Gasteiger partial charge in [0.25, 0.3) is 0 Å². The molecule has 2 unspecified atom stereocenters. The maximum Gasteiger partial charge on any atom is 0.123 e. The summed E-state index contributed by atoms with van der Waals surface area (Å²) in [5.74, 6) is 0.138. The smallest absolute Gasteiger partial charge is 0.123 e. The third-order valence-electron chi connectivity index (χ3n) is 2.60. The fourth-order valence-electron chi connectivity index (χ4n) is 1.67. The predicted octanol–water partition coefficient (Wildman–Crippen LogP) is 1.89. The van der Waals surface area contributed by atoms with Crippen molar-refractivity contribution < 1.29 is 4.39 Å². The van der Waals surface area contributed by atoms with Gasteiger partial charge < -0.3 is 11.1 Å². The number of rotatable bonds is 0. The highest BCUT2D eigenvalue weighted by Crippen LogP contribution is 2.31. The minimum Gasteiger partial charge on any atom is -0.384 e. The van der Waals surface area contributed by atoms with E-state index in [1.807, 2.05) is 0 Å². The Balaban J connectivity index is 2.45. The van der Waals surface area contributed by atoms with Gasteiger partial charge in [0.2, 0.25) is 0 Å². The lowest BCUT2D eigenvalue weighted by molar-refractivity contribution is 0.476. The van der Waals surface area contributed by atoms with Crippen LogP contribution in [0.2, 0.25) is 0 Å². The summed E-state index contributed by atoms with van der Waals surface area (Å²) in [5.41, 5.74) is 7.80. The molecule has 13 heavy (non-hydrogen) atoms. The highest BCUT2D eigenvalue weighted by molar-refractivity contribution is 5.54. The topological polar surface area (TPSA) is 38.0 Å². The zero-order valence-electron chi connectivity index (χ0n) is 7.55. The van der Waals surface area contributed by atoms with Gasteiger partial charge in [0.1, 0.15) is 5.82 Å². The molecule has 1 aromatic carbocycles. The van der Waals surface area contributed by atoms with Crippen LogP contribution in [0, 0.1) is 11.7 Å². The van der Waals surface area contributed by atoms with Gasteiger partial charge in [-0.15, -0.1) is 0 Å². The second kappa shape index (κ2) is 3.00. The third-order valence-corrected chi connectivity index (χ3v) is 2.60. The second-order valence-electron chi connectivity index (χ2n) is 3.62. The summed E-state index contributed by atoms with van der Waals surface area (Å²) in [6.07, 6.45) is 0. The first-order valence-corrected chi connectivity index (χ1v) is 4.47. The summed E-state index contributed by atoms with van der Waals surface area (Å²) >= 11 is 0. The van der Waals surface area contributed by atoms with Crippen LogP contribution in [0.25, 0.3) is 0 Å². The van der Waals surface area contributed by atoms with Crippen molar-refractivity contribution in [3.05, 3.63) is 29.6 Å². The van der Waals surface area contributed by atoms with Crippen molar-refractivity contribution >= 4 is 5.69 Å². The van der Waals surface area contributed by atoms with E-state index in [9.17, 15) is 4.39 Å². The van der Waals surface area contributed by atoms with Gasteiger partial charge in [-0.05, 0) is 29.7 Å². The van der Waals surface area contributed by atoms with Crippen LogP contribution in [0.15, 0.2) is 18.2 Å². The second-order valence-corrected chi connectivity index (χ2v) is 3.62. The molecule has 1 heterocycles. The predicted molar refractivity (Wildman–Crippen MR) is 51.0 cm³/mol. The lowest BCUT2D eigenvalue weighted by atomic mass is 9.90. The lowest BCUT2D eigenvalue weighted by Gasteiger charge is -2.29. The average Bonchev–Trinajstić information content (AvgIpc) is 2.12. The number of fused-ring (bicyclic) bond motifs is 1. The van der Waals surface area contributed by atoms with E-state index < -0.39 is 0 Å². The number of benzene rings is 1. The summed E-state index contributed by atoms with van der Waals surface area (Å²) in [7, 11) is 0. The minimum absolute atomic E-state index is 0.0491. The van der Waals surface area contributed by atoms with E-state index in [-0.39, 0.29) is 11.9 Å². The van der Waals surface area contributed by atoms with Crippen LogP contribution in [0.3, 0.4) is 0 Å². The molecule has 2 atom stereocenters. The molecule has 0 amide bonds. The molecule has 70 valence electrons. The van der Waals surface area contributed by atoms with Crippen molar-refractivity contribution in [3.63, 3.8) is 0 Å². The van der Waals surface area contributed by atoms with Gasteiger partial charge in [0.05, 0.1) is 0 Å². The Morgan fingerprint density at radius 2 is 2.31 bits per heavy atom. The highest BCUT2D eigenvalue weighted by atomic mass is 19.1. The first kappa shape index (κ1) is 8.51. The van der Waals surface area contributed by atoms with Crippen LogP contribution in [0.4, 0.5) is 10.1 Å². The van der Waals surface area contributed by atoms with Gasteiger partial charge in [-0.2, -0.15) is 0 Å². The quantitative estimate of drug-likeness (QED) is 0.639. The standard InChI is InChI=1S/C10H13FN2/c1-6-5-13-9-3-2-7(11)4-8(9)10(6)12/h2-4,6,10,13H,5,12H2,1H3. The lowest BCUT2D eigenvalue weighted by Crippen LogP contribution is -2.30. The SMILES string of the molecule is CC1CNc2ccc(F)cc2C1N.